The fraction of sp³-hybridized carbons (Fsp3) is 0.600. The second-order valence-electron chi connectivity index (χ2n) is 5.46. The Morgan fingerprint density at radius 2 is 1.95 bits per heavy atom. The number of ether oxygens (including phenoxy) is 1. The number of alkyl halides is 3. The molecular weight excluding hydrogens is 286 g/mol. The Labute approximate surface area is 121 Å². The summed E-state index contributed by atoms with van der Waals surface area (Å²) in [6, 6.07) is 3.18. The molecule has 0 amide bonds. The van der Waals surface area contributed by atoms with Gasteiger partial charge in [-0.3, -0.25) is 0 Å². The lowest BCUT2D eigenvalue weighted by molar-refractivity contribution is -0.140. The van der Waals surface area contributed by atoms with Gasteiger partial charge in [-0.15, -0.1) is 0 Å². The van der Waals surface area contributed by atoms with Crippen LogP contribution < -0.4 is 10.1 Å². The average Bonchev–Trinajstić information content (AvgIpc) is 2.90. The van der Waals surface area contributed by atoms with Crippen LogP contribution in [0.1, 0.15) is 38.2 Å². The topological polar surface area (TPSA) is 21.3 Å². The average molecular weight is 305 g/mol. The van der Waals surface area contributed by atoms with Crippen LogP contribution in [0.5, 0.6) is 5.75 Å². The first-order valence-corrected chi connectivity index (χ1v) is 7.13. The second-order valence-corrected chi connectivity index (χ2v) is 5.46. The summed E-state index contributed by atoms with van der Waals surface area (Å²) in [7, 11) is 0. The zero-order valence-corrected chi connectivity index (χ0v) is 11.8. The number of rotatable bonds is 5. The number of hydrogen-bond donors (Lipinski definition) is 1. The van der Waals surface area contributed by atoms with E-state index in [1.165, 1.54) is 18.9 Å². The van der Waals surface area contributed by atoms with Crippen LogP contribution in [0.4, 0.5) is 17.6 Å². The van der Waals surface area contributed by atoms with E-state index in [0.29, 0.717) is 18.7 Å². The third-order valence-corrected chi connectivity index (χ3v) is 3.63. The molecule has 1 aromatic carbocycles. The number of nitrogens with one attached hydrogen (secondary N) is 1. The molecule has 1 aromatic rings. The molecule has 1 atom stereocenters. The molecule has 1 saturated carbocycles. The lowest BCUT2D eigenvalue weighted by Crippen LogP contribution is -2.35. The second kappa shape index (κ2) is 6.64. The van der Waals surface area contributed by atoms with Crippen LogP contribution in [0.15, 0.2) is 18.2 Å². The maximum atomic E-state index is 13.2. The molecule has 21 heavy (non-hydrogen) atoms. The Morgan fingerprint density at radius 1 is 1.29 bits per heavy atom. The quantitative estimate of drug-likeness (QED) is 0.825. The van der Waals surface area contributed by atoms with Crippen molar-refractivity contribution in [3.05, 3.63) is 29.6 Å². The van der Waals surface area contributed by atoms with Gasteiger partial charge in [0.1, 0.15) is 17.7 Å². The number of hydrogen-bond acceptors (Lipinski definition) is 2. The molecule has 1 unspecified atom stereocenters. The zero-order chi connectivity index (χ0) is 15.5. The molecular formula is C15H19F4NO. The van der Waals surface area contributed by atoms with Crippen LogP contribution in [0.25, 0.3) is 0 Å². The van der Waals surface area contributed by atoms with Crippen LogP contribution in [-0.4, -0.2) is 18.7 Å². The molecule has 118 valence electrons. The number of halogens is 4. The van der Waals surface area contributed by atoms with Crippen molar-refractivity contribution >= 4 is 0 Å². The fourth-order valence-electron chi connectivity index (χ4n) is 2.53. The molecule has 0 heterocycles. The fourth-order valence-corrected chi connectivity index (χ4v) is 2.53. The molecule has 1 aliphatic rings. The maximum Gasteiger partial charge on any atom is 0.419 e. The van der Waals surface area contributed by atoms with Gasteiger partial charge in [-0.1, -0.05) is 12.8 Å². The van der Waals surface area contributed by atoms with E-state index in [1.807, 2.05) is 0 Å². The SMILES string of the molecule is CC(CNC1CCCC1)Oc1ccc(F)c(C(F)(F)F)c1. The first-order valence-electron chi connectivity index (χ1n) is 7.13. The van der Waals surface area contributed by atoms with E-state index in [4.69, 9.17) is 4.74 Å². The van der Waals surface area contributed by atoms with E-state index >= 15 is 0 Å². The third-order valence-electron chi connectivity index (χ3n) is 3.63. The van der Waals surface area contributed by atoms with Crippen molar-refractivity contribution in [2.24, 2.45) is 0 Å². The van der Waals surface area contributed by atoms with Crippen molar-refractivity contribution in [1.82, 2.24) is 5.32 Å². The van der Waals surface area contributed by atoms with Gasteiger partial charge < -0.3 is 10.1 Å². The minimum atomic E-state index is -4.71. The Morgan fingerprint density at radius 3 is 2.57 bits per heavy atom. The minimum absolute atomic E-state index is 0.0319. The highest BCUT2D eigenvalue weighted by Gasteiger charge is 2.34. The largest absolute Gasteiger partial charge is 0.489 e. The summed E-state index contributed by atoms with van der Waals surface area (Å²) >= 11 is 0. The molecule has 0 bridgehead atoms. The molecule has 0 radical (unpaired) electrons. The van der Waals surface area contributed by atoms with Gasteiger partial charge in [0.05, 0.1) is 5.56 Å². The van der Waals surface area contributed by atoms with Crippen molar-refractivity contribution < 1.29 is 22.3 Å². The lowest BCUT2D eigenvalue weighted by atomic mass is 10.2. The minimum Gasteiger partial charge on any atom is -0.489 e. The van der Waals surface area contributed by atoms with Gasteiger partial charge in [-0.05, 0) is 38.0 Å². The van der Waals surface area contributed by atoms with Crippen LogP contribution in [-0.2, 0) is 6.18 Å². The van der Waals surface area contributed by atoms with E-state index in [1.54, 1.807) is 6.92 Å². The Bertz CT molecular complexity index is 469. The van der Waals surface area contributed by atoms with Crippen molar-refractivity contribution in [3.63, 3.8) is 0 Å². The van der Waals surface area contributed by atoms with Gasteiger partial charge >= 0.3 is 6.18 Å². The summed E-state index contributed by atoms with van der Waals surface area (Å²) in [5.41, 5.74) is -1.30. The van der Waals surface area contributed by atoms with Crippen molar-refractivity contribution in [2.45, 2.75) is 50.9 Å². The molecule has 0 saturated heterocycles. The Kier molecular flexibility index (Phi) is 5.08. The third kappa shape index (κ3) is 4.59. The van der Waals surface area contributed by atoms with Gasteiger partial charge in [0.2, 0.25) is 0 Å². The van der Waals surface area contributed by atoms with E-state index in [2.05, 4.69) is 5.32 Å². The van der Waals surface area contributed by atoms with E-state index in [-0.39, 0.29) is 11.9 Å². The Hall–Kier alpha value is -1.30. The van der Waals surface area contributed by atoms with Crippen LogP contribution in [0, 0.1) is 5.82 Å². The molecule has 0 aliphatic heterocycles. The Balaban J connectivity index is 1.92. The van der Waals surface area contributed by atoms with Gasteiger partial charge in [-0.25, -0.2) is 4.39 Å². The van der Waals surface area contributed by atoms with Gasteiger partial charge in [0, 0.05) is 12.6 Å². The first-order chi connectivity index (χ1) is 9.86. The monoisotopic (exact) mass is 305 g/mol. The standard InChI is InChI=1S/C15H19F4NO/c1-10(9-20-11-4-2-3-5-11)21-12-6-7-14(16)13(8-12)15(17,18)19/h6-8,10-11,20H,2-5,9H2,1H3. The highest BCUT2D eigenvalue weighted by molar-refractivity contribution is 5.31. The number of benzene rings is 1. The molecule has 0 aromatic heterocycles. The van der Waals surface area contributed by atoms with Gasteiger partial charge in [0.25, 0.3) is 0 Å². The lowest BCUT2D eigenvalue weighted by Gasteiger charge is -2.19. The summed E-state index contributed by atoms with van der Waals surface area (Å²) in [6.07, 6.45) is -0.325. The summed E-state index contributed by atoms with van der Waals surface area (Å²) < 4.78 is 56.4. The maximum absolute atomic E-state index is 13.2. The first kappa shape index (κ1) is 16.1. The summed E-state index contributed by atoms with van der Waals surface area (Å²) in [6.45, 7) is 2.34. The van der Waals surface area contributed by atoms with Crippen molar-refractivity contribution in [1.29, 1.82) is 0 Å². The molecule has 2 rings (SSSR count). The van der Waals surface area contributed by atoms with Crippen LogP contribution >= 0.6 is 0 Å². The molecule has 1 fully saturated rings. The summed E-state index contributed by atoms with van der Waals surface area (Å²) in [5, 5.41) is 3.34. The molecule has 1 N–H and O–H groups in total. The predicted molar refractivity (Wildman–Crippen MR) is 71.8 cm³/mol. The molecule has 6 heteroatoms. The van der Waals surface area contributed by atoms with Crippen LogP contribution in [0.2, 0.25) is 0 Å². The highest BCUT2D eigenvalue weighted by Crippen LogP contribution is 2.33. The van der Waals surface area contributed by atoms with Crippen LogP contribution in [0.3, 0.4) is 0 Å². The van der Waals surface area contributed by atoms with Gasteiger partial charge in [0.15, 0.2) is 0 Å². The summed E-state index contributed by atoms with van der Waals surface area (Å²) in [4.78, 5) is 0. The zero-order valence-electron chi connectivity index (χ0n) is 11.8. The van der Waals surface area contributed by atoms with Gasteiger partial charge in [-0.2, -0.15) is 13.2 Å². The van der Waals surface area contributed by atoms with E-state index in [0.717, 1.165) is 18.9 Å². The molecule has 1 aliphatic carbocycles. The predicted octanol–water partition coefficient (Wildman–Crippen LogP) is 4.14. The van der Waals surface area contributed by atoms with E-state index in [9.17, 15) is 17.6 Å². The molecule has 0 spiro atoms. The normalized spacial score (nSPS) is 18.0. The van der Waals surface area contributed by atoms with Crippen molar-refractivity contribution in [2.75, 3.05) is 6.54 Å². The highest BCUT2D eigenvalue weighted by atomic mass is 19.4. The molecule has 2 nitrogen and oxygen atoms in total. The van der Waals surface area contributed by atoms with E-state index < -0.39 is 17.6 Å². The summed E-state index contributed by atoms with van der Waals surface area (Å²) in [5.74, 6) is -1.25. The smallest absolute Gasteiger partial charge is 0.419 e. The van der Waals surface area contributed by atoms with Crippen molar-refractivity contribution in [3.8, 4) is 5.75 Å².